The van der Waals surface area contributed by atoms with E-state index in [0.717, 1.165) is 17.7 Å². The van der Waals surface area contributed by atoms with Crippen LogP contribution in [0, 0.1) is 6.92 Å². The van der Waals surface area contributed by atoms with Gasteiger partial charge in [-0.1, -0.05) is 18.2 Å². The second-order valence-electron chi connectivity index (χ2n) is 5.00. The molecule has 20 heavy (non-hydrogen) atoms. The van der Waals surface area contributed by atoms with Gasteiger partial charge in [0.15, 0.2) is 0 Å². The average molecular weight is 266 g/mol. The van der Waals surface area contributed by atoms with Crippen LogP contribution in [0.5, 0.6) is 0 Å². The fourth-order valence-corrected chi connectivity index (χ4v) is 2.62. The van der Waals surface area contributed by atoms with Crippen molar-refractivity contribution in [2.24, 2.45) is 0 Å². The number of benzene rings is 1. The third-order valence-electron chi connectivity index (χ3n) is 3.73. The number of fused-ring (bicyclic) bond motifs is 1. The molecule has 1 unspecified atom stereocenters. The summed E-state index contributed by atoms with van der Waals surface area (Å²) in [6.45, 7) is 2.08. The highest BCUT2D eigenvalue weighted by atomic mass is 16.3. The number of rotatable bonds is 4. The van der Waals surface area contributed by atoms with Crippen molar-refractivity contribution < 1.29 is 4.42 Å². The smallest absolute Gasteiger partial charge is 0.123 e. The number of likely N-dealkylation sites (N-methyl/N-ethyl adjacent to an activating group) is 1. The lowest BCUT2D eigenvalue weighted by molar-refractivity contribution is 0.427. The number of hydrogen-bond acceptors (Lipinski definition) is 3. The van der Waals surface area contributed by atoms with Gasteiger partial charge in [0, 0.05) is 11.6 Å². The molecule has 0 aliphatic carbocycles. The van der Waals surface area contributed by atoms with Gasteiger partial charge in [-0.05, 0) is 49.7 Å². The monoisotopic (exact) mass is 266 g/mol. The molecule has 0 saturated heterocycles. The summed E-state index contributed by atoms with van der Waals surface area (Å²) < 4.78 is 5.62. The summed E-state index contributed by atoms with van der Waals surface area (Å²) in [5, 5.41) is 4.55. The second-order valence-corrected chi connectivity index (χ2v) is 5.00. The summed E-state index contributed by atoms with van der Waals surface area (Å²) in [6, 6.07) is 12.5. The molecule has 2 aromatic heterocycles. The Balaban J connectivity index is 1.98. The van der Waals surface area contributed by atoms with Crippen molar-refractivity contribution in [1.29, 1.82) is 0 Å². The van der Waals surface area contributed by atoms with Gasteiger partial charge in [-0.25, -0.2) is 0 Å². The third kappa shape index (κ3) is 2.32. The molecule has 1 atom stereocenters. The van der Waals surface area contributed by atoms with E-state index in [1.165, 1.54) is 16.5 Å². The Morgan fingerprint density at radius 1 is 1.20 bits per heavy atom. The maximum Gasteiger partial charge on any atom is 0.123 e. The summed E-state index contributed by atoms with van der Waals surface area (Å²) >= 11 is 0. The maximum absolute atomic E-state index is 5.62. The standard InChI is InChI=1S/C17H18N2O/c1-12-8-10-20-17(12)16(18-2)11-13-7-9-19-15-6-4-3-5-14(13)15/h3-10,16,18H,11H2,1-2H3. The van der Waals surface area contributed by atoms with Crippen molar-refractivity contribution in [3.05, 3.63) is 65.7 Å². The number of nitrogens with one attached hydrogen (secondary N) is 1. The van der Waals surface area contributed by atoms with Crippen LogP contribution in [0.2, 0.25) is 0 Å². The highest BCUT2D eigenvalue weighted by molar-refractivity contribution is 5.81. The molecule has 1 aromatic carbocycles. The molecule has 3 nitrogen and oxygen atoms in total. The first-order valence-electron chi connectivity index (χ1n) is 6.83. The van der Waals surface area contributed by atoms with Gasteiger partial charge in [0.25, 0.3) is 0 Å². The molecular weight excluding hydrogens is 248 g/mol. The molecule has 2 heterocycles. The van der Waals surface area contributed by atoms with Gasteiger partial charge in [-0.3, -0.25) is 4.98 Å². The Kier molecular flexibility index (Phi) is 3.52. The van der Waals surface area contributed by atoms with Gasteiger partial charge in [-0.15, -0.1) is 0 Å². The predicted octanol–water partition coefficient (Wildman–Crippen LogP) is 3.64. The van der Waals surface area contributed by atoms with Gasteiger partial charge >= 0.3 is 0 Å². The molecule has 0 spiro atoms. The summed E-state index contributed by atoms with van der Waals surface area (Å²) in [6.07, 6.45) is 4.51. The number of furan rings is 1. The van der Waals surface area contributed by atoms with Gasteiger partial charge in [0.2, 0.25) is 0 Å². The Morgan fingerprint density at radius 2 is 2.05 bits per heavy atom. The van der Waals surface area contributed by atoms with Gasteiger partial charge < -0.3 is 9.73 Å². The lowest BCUT2D eigenvalue weighted by Gasteiger charge is -2.16. The quantitative estimate of drug-likeness (QED) is 0.783. The van der Waals surface area contributed by atoms with E-state index in [9.17, 15) is 0 Å². The molecule has 0 amide bonds. The van der Waals surface area contributed by atoms with Crippen molar-refractivity contribution in [3.63, 3.8) is 0 Å². The van der Waals surface area contributed by atoms with Crippen LogP contribution in [-0.2, 0) is 6.42 Å². The largest absolute Gasteiger partial charge is 0.467 e. The van der Waals surface area contributed by atoms with E-state index in [1.807, 2.05) is 31.4 Å². The molecule has 3 aromatic rings. The Labute approximate surface area is 118 Å². The molecule has 3 heteroatoms. The predicted molar refractivity (Wildman–Crippen MR) is 80.7 cm³/mol. The SMILES string of the molecule is CNC(Cc1ccnc2ccccc12)c1occc1C. The zero-order valence-electron chi connectivity index (χ0n) is 11.8. The topological polar surface area (TPSA) is 38.1 Å². The first-order valence-corrected chi connectivity index (χ1v) is 6.83. The van der Waals surface area contributed by atoms with Crippen LogP contribution in [0.3, 0.4) is 0 Å². The van der Waals surface area contributed by atoms with Gasteiger partial charge in [0.1, 0.15) is 5.76 Å². The number of hydrogen-bond donors (Lipinski definition) is 1. The van der Waals surface area contributed by atoms with Crippen LogP contribution < -0.4 is 5.32 Å². The van der Waals surface area contributed by atoms with Crippen LogP contribution in [0.25, 0.3) is 10.9 Å². The number of nitrogens with zero attached hydrogens (tertiary/aromatic N) is 1. The Morgan fingerprint density at radius 3 is 2.80 bits per heavy atom. The number of para-hydroxylation sites is 1. The minimum Gasteiger partial charge on any atom is -0.467 e. The van der Waals surface area contributed by atoms with Crippen molar-refractivity contribution >= 4 is 10.9 Å². The summed E-state index contributed by atoms with van der Waals surface area (Å²) in [7, 11) is 1.97. The lowest BCUT2D eigenvalue weighted by atomic mass is 9.99. The van der Waals surface area contributed by atoms with Crippen molar-refractivity contribution in [2.45, 2.75) is 19.4 Å². The number of pyridine rings is 1. The third-order valence-corrected chi connectivity index (χ3v) is 3.73. The van der Waals surface area contributed by atoms with E-state index in [-0.39, 0.29) is 6.04 Å². The van der Waals surface area contributed by atoms with Crippen molar-refractivity contribution in [1.82, 2.24) is 10.3 Å². The molecule has 3 rings (SSSR count). The second kappa shape index (κ2) is 5.47. The Hall–Kier alpha value is -2.13. The van der Waals surface area contributed by atoms with Gasteiger partial charge in [-0.2, -0.15) is 0 Å². The average Bonchev–Trinajstić information content (AvgIpc) is 2.91. The molecular formula is C17H18N2O. The Bertz CT molecular complexity index is 712. The molecule has 0 radical (unpaired) electrons. The van der Waals surface area contributed by atoms with E-state index in [2.05, 4.69) is 35.4 Å². The van der Waals surface area contributed by atoms with Crippen molar-refractivity contribution in [3.8, 4) is 0 Å². The first kappa shape index (κ1) is 12.9. The zero-order valence-corrected chi connectivity index (χ0v) is 11.8. The first-order chi connectivity index (χ1) is 9.79. The minimum absolute atomic E-state index is 0.177. The minimum atomic E-state index is 0.177. The van der Waals surface area contributed by atoms with E-state index in [4.69, 9.17) is 4.42 Å². The van der Waals surface area contributed by atoms with E-state index >= 15 is 0 Å². The molecule has 0 aliphatic heterocycles. The van der Waals surface area contributed by atoms with Crippen LogP contribution in [0.1, 0.15) is 22.9 Å². The van der Waals surface area contributed by atoms with Crippen LogP contribution in [0.4, 0.5) is 0 Å². The van der Waals surface area contributed by atoms with Crippen LogP contribution in [-0.4, -0.2) is 12.0 Å². The fourth-order valence-electron chi connectivity index (χ4n) is 2.62. The van der Waals surface area contributed by atoms with E-state index < -0.39 is 0 Å². The molecule has 0 saturated carbocycles. The highest BCUT2D eigenvalue weighted by Gasteiger charge is 2.17. The zero-order chi connectivity index (χ0) is 13.9. The van der Waals surface area contributed by atoms with E-state index in [0.29, 0.717) is 0 Å². The number of aromatic nitrogens is 1. The summed E-state index contributed by atoms with van der Waals surface area (Å²) in [5.74, 6) is 1.01. The number of aryl methyl sites for hydroxylation is 1. The highest BCUT2D eigenvalue weighted by Crippen LogP contribution is 2.25. The molecule has 1 N–H and O–H groups in total. The normalized spacial score (nSPS) is 12.7. The summed E-state index contributed by atoms with van der Waals surface area (Å²) in [5.41, 5.74) is 3.50. The molecule has 102 valence electrons. The lowest BCUT2D eigenvalue weighted by Crippen LogP contribution is -2.19. The molecule has 0 aliphatic rings. The molecule has 0 fully saturated rings. The molecule has 0 bridgehead atoms. The van der Waals surface area contributed by atoms with Crippen molar-refractivity contribution in [2.75, 3.05) is 7.05 Å². The summed E-state index contributed by atoms with van der Waals surface area (Å²) in [4.78, 5) is 4.41. The van der Waals surface area contributed by atoms with Crippen LogP contribution >= 0.6 is 0 Å². The maximum atomic E-state index is 5.62. The fraction of sp³-hybridized carbons (Fsp3) is 0.235. The van der Waals surface area contributed by atoms with Crippen LogP contribution in [0.15, 0.2) is 53.3 Å². The van der Waals surface area contributed by atoms with E-state index in [1.54, 1.807) is 6.26 Å². The van der Waals surface area contributed by atoms with Gasteiger partial charge in [0.05, 0.1) is 17.8 Å².